The molecule has 2 aliphatic rings. The minimum Gasteiger partial charge on any atom is -0.448 e. The summed E-state index contributed by atoms with van der Waals surface area (Å²) in [6.07, 6.45) is 0.585. The second-order valence-electron chi connectivity index (χ2n) is 6.80. The number of ether oxygens (including phenoxy) is 1. The van der Waals surface area contributed by atoms with E-state index in [1.165, 1.54) is 22.3 Å². The van der Waals surface area contributed by atoms with Gasteiger partial charge in [0, 0.05) is 24.5 Å². The molecule has 124 valence electrons. The topological polar surface area (TPSA) is 55.6 Å². The molecule has 1 fully saturated rings. The Kier molecular flexibility index (Phi) is 3.77. The minimum absolute atomic E-state index is 0.0560. The van der Waals surface area contributed by atoms with Crippen molar-refractivity contribution in [3.05, 3.63) is 59.7 Å². The molecule has 1 heterocycles. The highest BCUT2D eigenvalue weighted by Gasteiger charge is 2.33. The van der Waals surface area contributed by atoms with Gasteiger partial charge in [-0.25, -0.2) is 4.79 Å². The Labute approximate surface area is 142 Å². The van der Waals surface area contributed by atoms with Crippen LogP contribution in [0.1, 0.15) is 30.4 Å². The third-order valence-electron chi connectivity index (χ3n) is 5.18. The van der Waals surface area contributed by atoms with Gasteiger partial charge in [-0.15, -0.1) is 0 Å². The van der Waals surface area contributed by atoms with Crippen molar-refractivity contribution in [2.75, 3.05) is 13.2 Å². The predicted molar refractivity (Wildman–Crippen MR) is 93.8 cm³/mol. The van der Waals surface area contributed by atoms with Gasteiger partial charge >= 0.3 is 6.09 Å². The van der Waals surface area contributed by atoms with Crippen molar-refractivity contribution in [2.45, 2.75) is 31.3 Å². The fraction of sp³-hybridized carbons (Fsp3) is 0.350. The highest BCUT2D eigenvalue weighted by Crippen LogP contribution is 2.44. The summed E-state index contributed by atoms with van der Waals surface area (Å²) in [6.45, 7) is 2.97. The van der Waals surface area contributed by atoms with Gasteiger partial charge in [0.25, 0.3) is 0 Å². The van der Waals surface area contributed by atoms with E-state index in [9.17, 15) is 4.79 Å². The Bertz CT molecular complexity index is 728. The molecule has 2 aromatic rings. The van der Waals surface area contributed by atoms with Crippen LogP contribution in [-0.4, -0.2) is 36.2 Å². The van der Waals surface area contributed by atoms with Gasteiger partial charge in [0.1, 0.15) is 6.61 Å². The molecule has 0 bridgehead atoms. The molecule has 1 aliphatic heterocycles. The Morgan fingerprint density at radius 1 is 1.12 bits per heavy atom. The molecule has 24 heavy (non-hydrogen) atoms. The van der Waals surface area contributed by atoms with Gasteiger partial charge in [0.05, 0.1) is 0 Å². The van der Waals surface area contributed by atoms with Crippen LogP contribution in [0, 0.1) is 0 Å². The molecule has 0 spiro atoms. The average molecular weight is 322 g/mol. The zero-order valence-corrected chi connectivity index (χ0v) is 13.8. The fourth-order valence-corrected chi connectivity index (χ4v) is 4.00. The van der Waals surface area contributed by atoms with E-state index in [4.69, 9.17) is 10.5 Å². The second kappa shape index (κ2) is 5.95. The van der Waals surface area contributed by atoms with E-state index in [0.717, 1.165) is 6.42 Å². The molecule has 1 amide bonds. The van der Waals surface area contributed by atoms with Crippen LogP contribution in [0.4, 0.5) is 4.79 Å². The largest absolute Gasteiger partial charge is 0.448 e. The molecular formula is C20H22N2O2. The summed E-state index contributed by atoms with van der Waals surface area (Å²) >= 11 is 0. The lowest BCUT2D eigenvalue weighted by Gasteiger charge is -2.22. The van der Waals surface area contributed by atoms with Gasteiger partial charge < -0.3 is 15.4 Å². The van der Waals surface area contributed by atoms with Crippen LogP contribution >= 0.6 is 0 Å². The smallest absolute Gasteiger partial charge is 0.410 e. The van der Waals surface area contributed by atoms with Gasteiger partial charge in [0.2, 0.25) is 0 Å². The first-order chi connectivity index (χ1) is 11.6. The van der Waals surface area contributed by atoms with Crippen LogP contribution < -0.4 is 5.73 Å². The van der Waals surface area contributed by atoms with Gasteiger partial charge in [-0.05, 0) is 35.6 Å². The van der Waals surface area contributed by atoms with Gasteiger partial charge in [-0.3, -0.25) is 0 Å². The van der Waals surface area contributed by atoms with E-state index in [0.29, 0.717) is 13.2 Å². The van der Waals surface area contributed by atoms with Crippen molar-refractivity contribution in [3.63, 3.8) is 0 Å². The summed E-state index contributed by atoms with van der Waals surface area (Å²) in [6, 6.07) is 16.9. The molecule has 1 aliphatic carbocycles. The summed E-state index contributed by atoms with van der Waals surface area (Å²) < 4.78 is 5.67. The number of rotatable bonds is 2. The molecule has 4 nitrogen and oxygen atoms in total. The molecule has 4 rings (SSSR count). The van der Waals surface area contributed by atoms with E-state index in [2.05, 4.69) is 36.4 Å². The van der Waals surface area contributed by atoms with Crippen molar-refractivity contribution in [2.24, 2.45) is 5.73 Å². The zero-order valence-electron chi connectivity index (χ0n) is 13.8. The SMILES string of the molecule is CC1CC(N)CN1C(=O)OCC1c2ccccc2-c2ccccc21. The molecule has 4 heteroatoms. The Balaban J connectivity index is 1.54. The number of hydrogen-bond acceptors (Lipinski definition) is 3. The molecule has 2 atom stereocenters. The summed E-state index contributed by atoms with van der Waals surface area (Å²) in [7, 11) is 0. The Hall–Kier alpha value is -2.33. The maximum absolute atomic E-state index is 12.4. The number of likely N-dealkylation sites (tertiary alicyclic amines) is 1. The first-order valence-corrected chi connectivity index (χ1v) is 8.52. The number of benzene rings is 2. The number of carbonyl (C=O) groups is 1. The standard InChI is InChI=1S/C20H22N2O2/c1-13-10-14(21)11-22(13)20(23)24-12-19-17-8-4-2-6-15(17)16-7-3-5-9-18(16)19/h2-9,13-14,19H,10-12,21H2,1H3. The Morgan fingerprint density at radius 3 is 2.25 bits per heavy atom. The molecule has 2 aromatic carbocycles. The molecule has 2 unspecified atom stereocenters. The maximum Gasteiger partial charge on any atom is 0.410 e. The van der Waals surface area contributed by atoms with Crippen molar-refractivity contribution in [1.82, 2.24) is 4.90 Å². The summed E-state index contributed by atoms with van der Waals surface area (Å²) in [5.41, 5.74) is 10.9. The van der Waals surface area contributed by atoms with E-state index >= 15 is 0 Å². The van der Waals surface area contributed by atoms with Crippen LogP contribution in [0.5, 0.6) is 0 Å². The van der Waals surface area contributed by atoms with Crippen molar-refractivity contribution in [1.29, 1.82) is 0 Å². The Morgan fingerprint density at radius 2 is 1.71 bits per heavy atom. The first-order valence-electron chi connectivity index (χ1n) is 8.52. The van der Waals surface area contributed by atoms with Gasteiger partial charge in [-0.2, -0.15) is 0 Å². The summed E-state index contributed by atoms with van der Waals surface area (Å²) in [5.74, 6) is 0.105. The van der Waals surface area contributed by atoms with Crippen LogP contribution in [0.25, 0.3) is 11.1 Å². The highest BCUT2D eigenvalue weighted by atomic mass is 16.6. The van der Waals surface area contributed by atoms with Gasteiger partial charge in [0.15, 0.2) is 0 Å². The van der Waals surface area contributed by atoms with E-state index < -0.39 is 0 Å². The number of nitrogens with zero attached hydrogens (tertiary/aromatic N) is 1. The van der Waals surface area contributed by atoms with Crippen molar-refractivity contribution in [3.8, 4) is 11.1 Å². The lowest BCUT2D eigenvalue weighted by molar-refractivity contribution is 0.0977. The lowest BCUT2D eigenvalue weighted by atomic mass is 9.98. The number of fused-ring (bicyclic) bond motifs is 3. The van der Waals surface area contributed by atoms with Gasteiger partial charge in [-0.1, -0.05) is 48.5 Å². The molecule has 0 radical (unpaired) electrons. The minimum atomic E-state index is -0.252. The predicted octanol–water partition coefficient (Wildman–Crippen LogP) is 3.36. The third kappa shape index (κ3) is 2.47. The van der Waals surface area contributed by atoms with Crippen molar-refractivity contribution < 1.29 is 9.53 Å². The number of carbonyl (C=O) groups excluding carboxylic acids is 1. The summed E-state index contributed by atoms with van der Waals surface area (Å²) in [5, 5.41) is 0. The van der Waals surface area contributed by atoms with E-state index in [1.54, 1.807) is 4.90 Å². The zero-order chi connectivity index (χ0) is 16.7. The number of amides is 1. The summed E-state index contributed by atoms with van der Waals surface area (Å²) in [4.78, 5) is 14.2. The average Bonchev–Trinajstić information content (AvgIpc) is 3.10. The number of hydrogen-bond donors (Lipinski definition) is 1. The van der Waals surface area contributed by atoms with E-state index in [-0.39, 0.29) is 24.1 Å². The first kappa shape index (κ1) is 15.2. The maximum atomic E-state index is 12.4. The van der Waals surface area contributed by atoms with Crippen LogP contribution in [-0.2, 0) is 4.74 Å². The van der Waals surface area contributed by atoms with Crippen molar-refractivity contribution >= 4 is 6.09 Å². The molecule has 2 N–H and O–H groups in total. The highest BCUT2D eigenvalue weighted by molar-refractivity contribution is 5.79. The normalized spacial score (nSPS) is 22.3. The quantitative estimate of drug-likeness (QED) is 0.922. The van der Waals surface area contributed by atoms with Crippen LogP contribution in [0.15, 0.2) is 48.5 Å². The lowest BCUT2D eigenvalue weighted by Crippen LogP contribution is -2.36. The third-order valence-corrected chi connectivity index (χ3v) is 5.18. The second-order valence-corrected chi connectivity index (χ2v) is 6.80. The molecule has 1 saturated heterocycles. The number of nitrogens with two attached hydrogens (primary N) is 1. The van der Waals surface area contributed by atoms with Crippen LogP contribution in [0.2, 0.25) is 0 Å². The fourth-order valence-electron chi connectivity index (χ4n) is 4.00. The van der Waals surface area contributed by atoms with E-state index in [1.807, 2.05) is 19.1 Å². The molecule has 0 aromatic heterocycles. The van der Waals surface area contributed by atoms with Crippen LogP contribution in [0.3, 0.4) is 0 Å². The monoisotopic (exact) mass is 322 g/mol. The molecular weight excluding hydrogens is 300 g/mol. The molecule has 0 saturated carbocycles.